The van der Waals surface area contributed by atoms with Gasteiger partial charge in [-0.15, -0.1) is 0 Å². The van der Waals surface area contributed by atoms with Crippen LogP contribution < -0.4 is 0 Å². The molecule has 0 N–H and O–H groups in total. The Labute approximate surface area is 277 Å². The SMILES string of the molecule is CC1(C)c2cccc3c2-c2c1ccc1c4cc(-c5nc(Cl)nc(-c6ccc(-c7ccccc7)cc6)n5)ccc4n(c21)-c1ccccc1-3. The molecule has 6 aromatic carbocycles. The third-order valence-electron chi connectivity index (χ3n) is 10.1. The average Bonchev–Trinajstić information content (AvgIpc) is 3.51. The van der Waals surface area contributed by atoms with Crippen molar-refractivity contribution in [3.8, 4) is 61.8 Å². The monoisotopic (exact) mass is 622 g/mol. The Morgan fingerprint density at radius 2 is 1.19 bits per heavy atom. The second-order valence-corrected chi connectivity index (χ2v) is 13.4. The van der Waals surface area contributed by atoms with Crippen molar-refractivity contribution in [1.82, 2.24) is 19.5 Å². The topological polar surface area (TPSA) is 43.6 Å². The molecule has 0 radical (unpaired) electrons. The predicted molar refractivity (Wildman–Crippen MR) is 192 cm³/mol. The van der Waals surface area contributed by atoms with Gasteiger partial charge in [-0.3, -0.25) is 0 Å². The molecule has 2 aliphatic rings. The van der Waals surface area contributed by atoms with E-state index >= 15 is 0 Å². The zero-order chi connectivity index (χ0) is 31.4. The van der Waals surface area contributed by atoms with Gasteiger partial charge in [0, 0.05) is 38.4 Å². The second-order valence-electron chi connectivity index (χ2n) is 13.0. The van der Waals surface area contributed by atoms with E-state index in [-0.39, 0.29) is 10.7 Å². The van der Waals surface area contributed by atoms with E-state index in [1.807, 2.05) is 30.3 Å². The molecule has 1 aliphatic carbocycles. The quantitative estimate of drug-likeness (QED) is 0.197. The van der Waals surface area contributed by atoms with E-state index in [1.165, 1.54) is 50.0 Å². The van der Waals surface area contributed by atoms with E-state index in [4.69, 9.17) is 16.6 Å². The van der Waals surface area contributed by atoms with Crippen LogP contribution in [0.15, 0.2) is 127 Å². The molecular formula is C42H27ClN4. The van der Waals surface area contributed by atoms with Crippen LogP contribution in [0.25, 0.3) is 83.6 Å². The largest absolute Gasteiger partial charge is 0.308 e. The first-order chi connectivity index (χ1) is 23.0. The van der Waals surface area contributed by atoms with Crippen LogP contribution in [0.4, 0.5) is 0 Å². The van der Waals surface area contributed by atoms with Gasteiger partial charge in [0.05, 0.1) is 16.7 Å². The van der Waals surface area contributed by atoms with Crippen molar-refractivity contribution in [2.75, 3.05) is 0 Å². The van der Waals surface area contributed by atoms with Crippen LogP contribution >= 0.6 is 11.6 Å². The van der Waals surface area contributed by atoms with Gasteiger partial charge in [-0.25, -0.2) is 4.98 Å². The second kappa shape index (κ2) is 9.47. The molecule has 47 heavy (non-hydrogen) atoms. The Bertz CT molecular complexity index is 2600. The lowest BCUT2D eigenvalue weighted by atomic mass is 9.81. The number of rotatable bonds is 3. The molecule has 0 bridgehead atoms. The van der Waals surface area contributed by atoms with Gasteiger partial charge in [0.25, 0.3) is 0 Å². The van der Waals surface area contributed by atoms with E-state index in [9.17, 15) is 0 Å². The summed E-state index contributed by atoms with van der Waals surface area (Å²) in [7, 11) is 0. The molecule has 0 saturated heterocycles. The lowest BCUT2D eigenvalue weighted by molar-refractivity contribution is 0.661. The minimum absolute atomic E-state index is 0.0923. The number of para-hydroxylation sites is 1. The average molecular weight is 623 g/mol. The summed E-state index contributed by atoms with van der Waals surface area (Å²) < 4.78 is 2.47. The van der Waals surface area contributed by atoms with Crippen LogP contribution in [0, 0.1) is 0 Å². The number of fused-ring (bicyclic) bond motifs is 6. The van der Waals surface area contributed by atoms with Gasteiger partial charge in [-0.2, -0.15) is 9.97 Å². The fraction of sp³-hybridized carbons (Fsp3) is 0.0714. The highest BCUT2D eigenvalue weighted by Gasteiger charge is 2.40. The third-order valence-corrected chi connectivity index (χ3v) is 10.3. The van der Waals surface area contributed by atoms with Crippen LogP contribution in [0.1, 0.15) is 25.0 Å². The molecule has 2 aromatic heterocycles. The highest BCUT2D eigenvalue weighted by Crippen LogP contribution is 2.57. The first-order valence-electron chi connectivity index (χ1n) is 15.9. The van der Waals surface area contributed by atoms with Crippen molar-refractivity contribution >= 4 is 33.4 Å². The zero-order valence-electron chi connectivity index (χ0n) is 25.8. The standard InChI is InChI=1S/C42H27ClN4/c1-42(2)32-13-8-12-29-28-11-6-7-14-34(28)47-35-22-19-27(23-31(35)30-20-21-33(42)37(36(29)32)38(30)47)40-44-39(45-41(43)46-40)26-17-15-25(16-18-26)24-9-4-3-5-10-24/h3-23H,1-2H3. The summed E-state index contributed by atoms with van der Waals surface area (Å²) in [6.07, 6.45) is 0. The summed E-state index contributed by atoms with van der Waals surface area (Å²) >= 11 is 6.55. The lowest BCUT2D eigenvalue weighted by Crippen LogP contribution is -2.15. The maximum absolute atomic E-state index is 6.55. The normalized spacial score (nSPS) is 13.6. The fourth-order valence-corrected chi connectivity index (χ4v) is 8.09. The summed E-state index contributed by atoms with van der Waals surface area (Å²) in [5.41, 5.74) is 15.6. The molecule has 3 heterocycles. The molecule has 0 amide bonds. The van der Waals surface area contributed by atoms with Crippen molar-refractivity contribution in [1.29, 1.82) is 0 Å². The summed E-state index contributed by atoms with van der Waals surface area (Å²) in [4.78, 5) is 14.0. The van der Waals surface area contributed by atoms with Crippen LogP contribution in [-0.4, -0.2) is 19.5 Å². The fourth-order valence-electron chi connectivity index (χ4n) is 7.93. The summed E-state index contributed by atoms with van der Waals surface area (Å²) in [6.45, 7) is 4.70. The molecule has 0 fully saturated rings. The van der Waals surface area contributed by atoms with Crippen molar-refractivity contribution < 1.29 is 0 Å². The molecule has 0 saturated carbocycles. The van der Waals surface area contributed by atoms with Gasteiger partial charge in [-0.1, -0.05) is 117 Å². The van der Waals surface area contributed by atoms with Crippen molar-refractivity contribution in [2.45, 2.75) is 19.3 Å². The molecule has 0 spiro atoms. The van der Waals surface area contributed by atoms with Gasteiger partial charge < -0.3 is 4.57 Å². The lowest BCUT2D eigenvalue weighted by Gasteiger charge is -2.22. The van der Waals surface area contributed by atoms with Gasteiger partial charge in [-0.05, 0) is 69.2 Å². The van der Waals surface area contributed by atoms with Crippen molar-refractivity contribution in [3.05, 3.63) is 144 Å². The summed E-state index contributed by atoms with van der Waals surface area (Å²) in [5, 5.41) is 2.55. The summed E-state index contributed by atoms with van der Waals surface area (Å²) in [5.74, 6) is 1.10. The Hall–Kier alpha value is -5.58. The van der Waals surface area contributed by atoms with E-state index in [0.717, 1.165) is 33.2 Å². The molecule has 1 aliphatic heterocycles. The Kier molecular flexibility index (Phi) is 5.37. The molecule has 4 nitrogen and oxygen atoms in total. The minimum Gasteiger partial charge on any atom is -0.308 e. The van der Waals surface area contributed by atoms with Crippen LogP contribution in [-0.2, 0) is 5.41 Å². The predicted octanol–water partition coefficient (Wildman–Crippen LogP) is 10.9. The zero-order valence-corrected chi connectivity index (χ0v) is 26.5. The van der Waals surface area contributed by atoms with Crippen molar-refractivity contribution in [3.63, 3.8) is 0 Å². The maximum atomic E-state index is 6.55. The Morgan fingerprint density at radius 1 is 0.532 bits per heavy atom. The van der Waals surface area contributed by atoms with Crippen LogP contribution in [0.5, 0.6) is 0 Å². The molecule has 222 valence electrons. The summed E-state index contributed by atoms with van der Waals surface area (Å²) in [6, 6.07) is 45.4. The maximum Gasteiger partial charge on any atom is 0.226 e. The first-order valence-corrected chi connectivity index (χ1v) is 16.3. The number of hydrogen-bond acceptors (Lipinski definition) is 3. The van der Waals surface area contributed by atoms with E-state index in [1.54, 1.807) is 0 Å². The Balaban J connectivity index is 1.18. The highest BCUT2D eigenvalue weighted by molar-refractivity contribution is 6.28. The number of halogens is 1. The number of benzene rings is 6. The molecule has 8 aromatic rings. The van der Waals surface area contributed by atoms with Gasteiger partial charge in [0.1, 0.15) is 0 Å². The smallest absolute Gasteiger partial charge is 0.226 e. The van der Waals surface area contributed by atoms with E-state index in [2.05, 4.69) is 125 Å². The van der Waals surface area contributed by atoms with Crippen LogP contribution in [0.3, 0.4) is 0 Å². The molecule has 0 unspecified atom stereocenters. The number of nitrogens with zero attached hydrogens (tertiary/aromatic N) is 4. The van der Waals surface area contributed by atoms with Crippen molar-refractivity contribution in [2.24, 2.45) is 0 Å². The van der Waals surface area contributed by atoms with E-state index < -0.39 is 0 Å². The van der Waals surface area contributed by atoms with E-state index in [0.29, 0.717) is 11.6 Å². The molecule has 5 heteroatoms. The Morgan fingerprint density at radius 3 is 2.02 bits per heavy atom. The van der Waals surface area contributed by atoms with Gasteiger partial charge in [0.2, 0.25) is 5.28 Å². The molecule has 0 atom stereocenters. The molecule has 10 rings (SSSR count). The van der Waals surface area contributed by atoms with Gasteiger partial charge >= 0.3 is 0 Å². The highest BCUT2D eigenvalue weighted by atomic mass is 35.5. The number of aromatic nitrogens is 4. The van der Waals surface area contributed by atoms with Crippen LogP contribution in [0.2, 0.25) is 5.28 Å². The minimum atomic E-state index is -0.0923. The third kappa shape index (κ3) is 3.67. The van der Waals surface area contributed by atoms with Gasteiger partial charge in [0.15, 0.2) is 11.6 Å². The molecular weight excluding hydrogens is 596 g/mol. The number of hydrogen-bond donors (Lipinski definition) is 0. The first kappa shape index (κ1) is 26.6.